The highest BCUT2D eigenvalue weighted by molar-refractivity contribution is 6.36. The van der Waals surface area contributed by atoms with E-state index in [2.05, 4.69) is 29.5 Å². The SMILES string of the molecule is C=CC(=O)Oc1cc(Cl)c([C@@H]2c3[nH]c4ccccc4c3C[C@@H](C)N2CC(C)(C)F)c(Cl)c1. The first-order chi connectivity index (χ1) is 15.1. The van der Waals surface area contributed by atoms with E-state index in [1.54, 1.807) is 26.0 Å². The van der Waals surface area contributed by atoms with E-state index in [4.69, 9.17) is 27.9 Å². The second-order valence-electron chi connectivity index (χ2n) is 8.84. The van der Waals surface area contributed by atoms with Crippen LogP contribution in [0, 0.1) is 0 Å². The van der Waals surface area contributed by atoms with Gasteiger partial charge in [0.15, 0.2) is 0 Å². The Balaban J connectivity index is 1.91. The third-order valence-electron chi connectivity index (χ3n) is 5.79. The van der Waals surface area contributed by atoms with Crippen LogP contribution in [0.25, 0.3) is 10.9 Å². The van der Waals surface area contributed by atoms with Crippen LogP contribution in [0.4, 0.5) is 4.39 Å². The van der Waals surface area contributed by atoms with Gasteiger partial charge >= 0.3 is 5.97 Å². The summed E-state index contributed by atoms with van der Waals surface area (Å²) < 4.78 is 20.1. The Hall–Kier alpha value is -2.34. The Bertz CT molecular complexity index is 1180. The van der Waals surface area contributed by atoms with Gasteiger partial charge in [-0.05, 0) is 51.0 Å². The van der Waals surface area contributed by atoms with Crippen molar-refractivity contribution in [2.24, 2.45) is 0 Å². The summed E-state index contributed by atoms with van der Waals surface area (Å²) in [6, 6.07) is 10.9. The number of carbonyl (C=O) groups is 1. The van der Waals surface area contributed by atoms with E-state index in [0.717, 1.165) is 29.1 Å². The van der Waals surface area contributed by atoms with Gasteiger partial charge in [0.1, 0.15) is 11.4 Å². The van der Waals surface area contributed by atoms with Crippen molar-refractivity contribution in [1.82, 2.24) is 9.88 Å². The van der Waals surface area contributed by atoms with Crippen LogP contribution >= 0.6 is 23.2 Å². The van der Waals surface area contributed by atoms with E-state index >= 15 is 0 Å². The molecule has 0 bridgehead atoms. The number of halogens is 3. The lowest BCUT2D eigenvalue weighted by Crippen LogP contribution is -2.47. The van der Waals surface area contributed by atoms with Crippen LogP contribution in [0.3, 0.4) is 0 Å². The number of aromatic nitrogens is 1. The van der Waals surface area contributed by atoms with Crippen molar-refractivity contribution in [3.63, 3.8) is 0 Å². The number of alkyl halides is 1. The van der Waals surface area contributed by atoms with Crippen molar-refractivity contribution in [3.8, 4) is 5.75 Å². The number of nitrogens with one attached hydrogen (secondary N) is 1. The predicted molar refractivity (Wildman–Crippen MR) is 127 cm³/mol. The lowest BCUT2D eigenvalue weighted by atomic mass is 9.87. The molecule has 1 aromatic heterocycles. The number of hydrogen-bond acceptors (Lipinski definition) is 3. The highest BCUT2D eigenvalue weighted by Gasteiger charge is 2.40. The molecule has 2 heterocycles. The maximum absolute atomic E-state index is 14.9. The van der Waals surface area contributed by atoms with Crippen LogP contribution in [0.1, 0.15) is 43.6 Å². The molecule has 1 N–H and O–H groups in total. The van der Waals surface area contributed by atoms with E-state index in [0.29, 0.717) is 15.6 Å². The molecule has 168 valence electrons. The van der Waals surface area contributed by atoms with Crippen LogP contribution in [0.2, 0.25) is 10.0 Å². The van der Waals surface area contributed by atoms with Crippen molar-refractivity contribution in [3.05, 3.63) is 75.9 Å². The van der Waals surface area contributed by atoms with Gasteiger partial charge in [-0.25, -0.2) is 9.18 Å². The zero-order valence-corrected chi connectivity index (χ0v) is 19.7. The van der Waals surface area contributed by atoms with Gasteiger partial charge < -0.3 is 9.72 Å². The smallest absolute Gasteiger partial charge is 0.335 e. The molecule has 0 unspecified atom stereocenters. The normalized spacial score (nSPS) is 19.1. The quantitative estimate of drug-likeness (QED) is 0.255. The number of para-hydroxylation sites is 1. The Kier molecular flexibility index (Phi) is 6.10. The van der Waals surface area contributed by atoms with Gasteiger partial charge in [-0.15, -0.1) is 0 Å². The van der Waals surface area contributed by atoms with Crippen molar-refractivity contribution in [1.29, 1.82) is 0 Å². The molecule has 0 radical (unpaired) electrons. The fraction of sp³-hybridized carbons (Fsp3) is 0.320. The molecule has 4 rings (SSSR count). The minimum atomic E-state index is -1.42. The van der Waals surface area contributed by atoms with E-state index in [9.17, 15) is 9.18 Å². The summed E-state index contributed by atoms with van der Waals surface area (Å²) in [6.07, 6.45) is 1.84. The van der Waals surface area contributed by atoms with Gasteiger partial charge in [0.25, 0.3) is 0 Å². The second-order valence-corrected chi connectivity index (χ2v) is 9.65. The number of benzene rings is 2. The van der Waals surface area contributed by atoms with Gasteiger partial charge in [-0.3, -0.25) is 4.90 Å². The number of hydrogen-bond donors (Lipinski definition) is 1. The zero-order chi connectivity index (χ0) is 23.2. The molecule has 1 aliphatic rings. The molecule has 0 amide bonds. The Morgan fingerprint density at radius 2 is 1.97 bits per heavy atom. The fourth-order valence-corrected chi connectivity index (χ4v) is 5.21. The molecule has 0 spiro atoms. The summed E-state index contributed by atoms with van der Waals surface area (Å²) in [6.45, 7) is 8.83. The minimum absolute atomic E-state index is 0.0483. The molecule has 0 aliphatic carbocycles. The van der Waals surface area contributed by atoms with Crippen molar-refractivity contribution >= 4 is 40.1 Å². The number of ether oxygens (including phenoxy) is 1. The Labute approximate surface area is 197 Å². The molecule has 0 fully saturated rings. The number of nitrogens with zero attached hydrogens (tertiary/aromatic N) is 1. The molecular formula is C25H25Cl2FN2O2. The van der Waals surface area contributed by atoms with Crippen LogP contribution in [0.15, 0.2) is 49.1 Å². The first-order valence-corrected chi connectivity index (χ1v) is 11.2. The highest BCUT2D eigenvalue weighted by Crippen LogP contribution is 2.46. The summed E-state index contributed by atoms with van der Waals surface area (Å²) >= 11 is 13.4. The van der Waals surface area contributed by atoms with Crippen LogP contribution in [-0.2, 0) is 11.2 Å². The number of aromatic amines is 1. The fourth-order valence-electron chi connectivity index (χ4n) is 4.54. The first kappa shape index (κ1) is 22.8. The van der Waals surface area contributed by atoms with E-state index < -0.39 is 11.6 Å². The second kappa shape index (κ2) is 8.54. The third-order valence-corrected chi connectivity index (χ3v) is 6.41. The predicted octanol–water partition coefficient (Wildman–Crippen LogP) is 6.65. The number of carbonyl (C=O) groups excluding carboxylic acids is 1. The van der Waals surface area contributed by atoms with Gasteiger partial charge in [0.2, 0.25) is 0 Å². The van der Waals surface area contributed by atoms with Crippen LogP contribution < -0.4 is 4.74 Å². The summed E-state index contributed by atoms with van der Waals surface area (Å²) in [7, 11) is 0. The van der Waals surface area contributed by atoms with Gasteiger partial charge in [0, 0.05) is 40.8 Å². The van der Waals surface area contributed by atoms with E-state index in [1.807, 2.05) is 18.2 Å². The van der Waals surface area contributed by atoms with E-state index in [1.165, 1.54) is 5.56 Å². The van der Waals surface area contributed by atoms with E-state index in [-0.39, 0.29) is 24.4 Å². The lowest BCUT2D eigenvalue weighted by molar-refractivity contribution is -0.128. The molecule has 7 heteroatoms. The monoisotopic (exact) mass is 474 g/mol. The summed E-state index contributed by atoms with van der Waals surface area (Å²) in [4.78, 5) is 17.3. The Morgan fingerprint density at radius 1 is 1.31 bits per heavy atom. The molecule has 1 aliphatic heterocycles. The molecule has 4 nitrogen and oxygen atoms in total. The number of fused-ring (bicyclic) bond motifs is 3. The van der Waals surface area contributed by atoms with Gasteiger partial charge in [-0.2, -0.15) is 0 Å². The third kappa shape index (κ3) is 4.29. The maximum Gasteiger partial charge on any atom is 0.335 e. The van der Waals surface area contributed by atoms with Crippen molar-refractivity contribution in [2.45, 2.75) is 44.9 Å². The highest BCUT2D eigenvalue weighted by atomic mass is 35.5. The number of rotatable bonds is 5. The van der Waals surface area contributed by atoms with Crippen molar-refractivity contribution in [2.75, 3.05) is 6.54 Å². The van der Waals surface area contributed by atoms with Gasteiger partial charge in [-0.1, -0.05) is 48.0 Å². The van der Waals surface area contributed by atoms with Gasteiger partial charge in [0.05, 0.1) is 16.1 Å². The summed E-state index contributed by atoms with van der Waals surface area (Å²) in [5, 5.41) is 1.83. The average Bonchev–Trinajstić information content (AvgIpc) is 3.06. The van der Waals surface area contributed by atoms with Crippen molar-refractivity contribution < 1.29 is 13.9 Å². The summed E-state index contributed by atoms with van der Waals surface area (Å²) in [5.74, 6) is -0.373. The topological polar surface area (TPSA) is 45.3 Å². The molecule has 2 aromatic carbocycles. The standard InChI is InChI=1S/C25H25Cl2FN2O2/c1-5-21(31)32-15-11-18(26)22(19(27)12-15)24-23-17(16-8-6-7-9-20(16)29-23)10-14(2)30(24)13-25(3,4)28/h5-9,11-12,14,24,29H,1,10,13H2,2-4H3/t14-,24-/m1/s1. The molecule has 0 saturated carbocycles. The molecule has 32 heavy (non-hydrogen) atoms. The van der Waals surface area contributed by atoms with Crippen LogP contribution in [0.5, 0.6) is 5.75 Å². The molecule has 3 aromatic rings. The first-order valence-electron chi connectivity index (χ1n) is 10.5. The Morgan fingerprint density at radius 3 is 2.59 bits per heavy atom. The number of H-pyrrole nitrogens is 1. The maximum atomic E-state index is 14.9. The molecule has 2 atom stereocenters. The average molecular weight is 475 g/mol. The minimum Gasteiger partial charge on any atom is -0.423 e. The lowest BCUT2D eigenvalue weighted by Gasteiger charge is -2.43. The number of esters is 1. The largest absolute Gasteiger partial charge is 0.423 e. The van der Waals surface area contributed by atoms with Crippen LogP contribution in [-0.4, -0.2) is 34.1 Å². The molecular weight excluding hydrogens is 450 g/mol. The zero-order valence-electron chi connectivity index (χ0n) is 18.2. The molecule has 0 saturated heterocycles. The summed E-state index contributed by atoms with van der Waals surface area (Å²) in [5.41, 5.74) is 2.37.